The lowest BCUT2D eigenvalue weighted by Crippen LogP contribution is -2.16. The summed E-state index contributed by atoms with van der Waals surface area (Å²) in [6.45, 7) is 1.85. The van der Waals surface area contributed by atoms with Gasteiger partial charge in [-0.25, -0.2) is 9.67 Å². The van der Waals surface area contributed by atoms with Crippen LogP contribution in [0.3, 0.4) is 0 Å². The molecule has 37 heavy (non-hydrogen) atoms. The summed E-state index contributed by atoms with van der Waals surface area (Å²) in [5.41, 5.74) is 3.28. The fraction of sp³-hybridized carbons (Fsp3) is 0.143. The van der Waals surface area contributed by atoms with Crippen LogP contribution in [0.2, 0.25) is 0 Å². The molecule has 0 aliphatic heterocycles. The normalized spacial score (nSPS) is 12.9. The van der Waals surface area contributed by atoms with Crippen molar-refractivity contribution in [2.24, 2.45) is 5.92 Å². The number of anilines is 2. The number of imidazole rings is 1. The molecule has 2 aromatic carbocycles. The van der Waals surface area contributed by atoms with Gasteiger partial charge < -0.3 is 19.8 Å². The number of carbonyl (C=O) groups is 2. The molecule has 1 aliphatic rings. The van der Waals surface area contributed by atoms with Gasteiger partial charge in [0.15, 0.2) is 5.82 Å². The second kappa shape index (κ2) is 9.27. The second-order valence-corrected chi connectivity index (χ2v) is 9.02. The third kappa shape index (κ3) is 4.92. The summed E-state index contributed by atoms with van der Waals surface area (Å²) in [7, 11) is 0. The van der Waals surface area contributed by atoms with Crippen molar-refractivity contribution in [1.29, 1.82) is 0 Å². The van der Waals surface area contributed by atoms with E-state index >= 15 is 0 Å². The van der Waals surface area contributed by atoms with E-state index in [2.05, 4.69) is 20.7 Å². The Morgan fingerprint density at radius 2 is 1.76 bits per heavy atom. The lowest BCUT2D eigenvalue weighted by atomic mass is 10.2. The highest BCUT2D eigenvalue weighted by Gasteiger charge is 2.30. The Labute approximate surface area is 212 Å². The minimum atomic E-state index is -0.276. The Morgan fingerprint density at radius 3 is 2.57 bits per heavy atom. The molecule has 1 fully saturated rings. The summed E-state index contributed by atoms with van der Waals surface area (Å²) in [5, 5.41) is 10.3. The number of aromatic nitrogens is 4. The average Bonchev–Trinajstić information content (AvgIpc) is 3.57. The number of amides is 2. The second-order valence-electron chi connectivity index (χ2n) is 9.02. The minimum absolute atomic E-state index is 0.0146. The highest BCUT2D eigenvalue weighted by molar-refractivity contribution is 6.03. The molecule has 6 rings (SSSR count). The molecule has 5 aromatic rings. The van der Waals surface area contributed by atoms with Crippen molar-refractivity contribution in [3.63, 3.8) is 0 Å². The van der Waals surface area contributed by atoms with Gasteiger partial charge >= 0.3 is 0 Å². The van der Waals surface area contributed by atoms with Crippen molar-refractivity contribution in [2.45, 2.75) is 19.8 Å². The number of carbonyl (C=O) groups excluding carboxylic acids is 2. The predicted octanol–water partition coefficient (Wildman–Crippen LogP) is 5.22. The van der Waals surface area contributed by atoms with E-state index in [1.54, 1.807) is 45.7 Å². The first kappa shape index (κ1) is 22.5. The van der Waals surface area contributed by atoms with Gasteiger partial charge in [0.25, 0.3) is 5.91 Å². The van der Waals surface area contributed by atoms with Crippen LogP contribution in [0.5, 0.6) is 11.5 Å². The Kier molecular flexibility index (Phi) is 5.65. The van der Waals surface area contributed by atoms with Crippen LogP contribution in [0.15, 0.2) is 85.2 Å². The van der Waals surface area contributed by atoms with Crippen molar-refractivity contribution in [1.82, 2.24) is 19.2 Å². The topological polar surface area (TPSA) is 103 Å². The van der Waals surface area contributed by atoms with Gasteiger partial charge in [0.2, 0.25) is 5.91 Å². The van der Waals surface area contributed by atoms with Crippen molar-refractivity contribution in [3.05, 3.63) is 96.6 Å². The third-order valence-corrected chi connectivity index (χ3v) is 6.02. The number of para-hydroxylation sites is 1. The van der Waals surface area contributed by atoms with Gasteiger partial charge in [0.05, 0.1) is 23.8 Å². The number of pyridine rings is 1. The van der Waals surface area contributed by atoms with E-state index in [0.29, 0.717) is 34.3 Å². The maximum Gasteiger partial charge on any atom is 0.274 e. The number of nitrogens with zero attached hydrogens (tertiary/aromatic N) is 4. The monoisotopic (exact) mass is 492 g/mol. The zero-order chi connectivity index (χ0) is 25.4. The molecule has 2 amide bonds. The predicted molar refractivity (Wildman–Crippen MR) is 139 cm³/mol. The zero-order valence-corrected chi connectivity index (χ0v) is 20.1. The number of hydrogen-bond acceptors (Lipinski definition) is 5. The van der Waals surface area contributed by atoms with Gasteiger partial charge in [-0.2, -0.15) is 5.10 Å². The van der Waals surface area contributed by atoms with Crippen LogP contribution in [0.1, 0.15) is 29.0 Å². The number of benzene rings is 2. The molecular formula is C28H24N6O3. The maximum absolute atomic E-state index is 13.1. The molecule has 2 N–H and O–H groups in total. The molecule has 0 spiro atoms. The van der Waals surface area contributed by atoms with Crippen LogP contribution in [0.4, 0.5) is 11.5 Å². The Morgan fingerprint density at radius 1 is 0.919 bits per heavy atom. The van der Waals surface area contributed by atoms with Gasteiger partial charge in [-0.1, -0.05) is 24.3 Å². The fourth-order valence-electron chi connectivity index (χ4n) is 4.06. The molecule has 0 saturated heterocycles. The van der Waals surface area contributed by atoms with E-state index in [4.69, 9.17) is 4.74 Å². The lowest BCUT2D eigenvalue weighted by molar-refractivity contribution is -0.117. The van der Waals surface area contributed by atoms with Gasteiger partial charge in [0.1, 0.15) is 22.8 Å². The molecule has 3 aromatic heterocycles. The first-order chi connectivity index (χ1) is 18.0. The molecule has 0 unspecified atom stereocenters. The van der Waals surface area contributed by atoms with E-state index in [0.717, 1.165) is 24.2 Å². The number of aryl methyl sites for hydroxylation is 1. The van der Waals surface area contributed by atoms with E-state index < -0.39 is 0 Å². The number of rotatable bonds is 7. The van der Waals surface area contributed by atoms with Gasteiger partial charge in [-0.3, -0.25) is 9.59 Å². The molecule has 1 aliphatic carbocycles. The van der Waals surface area contributed by atoms with E-state index in [-0.39, 0.29) is 17.7 Å². The minimum Gasteiger partial charge on any atom is -0.456 e. The fourth-order valence-corrected chi connectivity index (χ4v) is 4.06. The molecule has 9 nitrogen and oxygen atoms in total. The summed E-state index contributed by atoms with van der Waals surface area (Å²) in [5.74, 6) is 1.52. The Bertz CT molecular complexity index is 1620. The smallest absolute Gasteiger partial charge is 0.274 e. The van der Waals surface area contributed by atoms with Crippen LogP contribution in [-0.2, 0) is 4.79 Å². The lowest BCUT2D eigenvalue weighted by Gasteiger charge is -2.10. The summed E-state index contributed by atoms with van der Waals surface area (Å²) >= 11 is 0. The number of fused-ring (bicyclic) bond motifs is 1. The summed E-state index contributed by atoms with van der Waals surface area (Å²) in [4.78, 5) is 29.6. The van der Waals surface area contributed by atoms with Crippen molar-refractivity contribution >= 4 is 29.0 Å². The Balaban J connectivity index is 1.17. The first-order valence-electron chi connectivity index (χ1n) is 12.0. The van der Waals surface area contributed by atoms with Crippen molar-refractivity contribution in [2.75, 3.05) is 10.6 Å². The quantitative estimate of drug-likeness (QED) is 0.324. The van der Waals surface area contributed by atoms with Gasteiger partial charge in [-0.15, -0.1) is 0 Å². The molecular weight excluding hydrogens is 468 g/mol. The maximum atomic E-state index is 13.1. The Hall–Kier alpha value is -4.92. The molecule has 0 atom stereocenters. The average molecular weight is 493 g/mol. The van der Waals surface area contributed by atoms with E-state index in [1.807, 2.05) is 55.5 Å². The van der Waals surface area contributed by atoms with Crippen LogP contribution in [0, 0.1) is 12.8 Å². The SMILES string of the molecule is Cc1cc(C(=O)Nc2cccc(Oc3ccc4nc(NC(=O)C5CC5)cn4c3)c2)n(-c2ccccc2)n1. The van der Waals surface area contributed by atoms with Crippen molar-refractivity contribution < 1.29 is 14.3 Å². The van der Waals surface area contributed by atoms with Crippen LogP contribution in [-0.4, -0.2) is 31.0 Å². The van der Waals surface area contributed by atoms with E-state index in [1.165, 1.54) is 0 Å². The first-order valence-corrected chi connectivity index (χ1v) is 12.0. The zero-order valence-electron chi connectivity index (χ0n) is 20.1. The van der Waals surface area contributed by atoms with Gasteiger partial charge in [-0.05, 0) is 62.2 Å². The number of nitrogens with one attached hydrogen (secondary N) is 2. The summed E-state index contributed by atoms with van der Waals surface area (Å²) in [6.07, 6.45) is 5.43. The molecule has 9 heteroatoms. The van der Waals surface area contributed by atoms with Gasteiger partial charge in [0, 0.05) is 17.7 Å². The highest BCUT2D eigenvalue weighted by atomic mass is 16.5. The molecule has 3 heterocycles. The standard InChI is InChI=1S/C28H24N6O3/c1-18-14-24(34(32-18)21-7-3-2-4-8-21)28(36)29-20-6-5-9-22(15-20)37-23-12-13-26-30-25(17-33(26)16-23)31-27(35)19-10-11-19/h2-9,12-17,19H,10-11H2,1H3,(H,29,36)(H,31,35). The largest absolute Gasteiger partial charge is 0.456 e. The van der Waals surface area contributed by atoms with Crippen LogP contribution < -0.4 is 15.4 Å². The van der Waals surface area contributed by atoms with Crippen LogP contribution in [0.25, 0.3) is 11.3 Å². The van der Waals surface area contributed by atoms with Crippen molar-refractivity contribution in [3.8, 4) is 17.2 Å². The number of ether oxygens (including phenoxy) is 1. The highest BCUT2D eigenvalue weighted by Crippen LogP contribution is 2.30. The summed E-state index contributed by atoms with van der Waals surface area (Å²) in [6, 6.07) is 22.1. The third-order valence-electron chi connectivity index (χ3n) is 6.02. The molecule has 0 radical (unpaired) electrons. The molecule has 1 saturated carbocycles. The van der Waals surface area contributed by atoms with Crippen LogP contribution >= 0.6 is 0 Å². The van der Waals surface area contributed by atoms with E-state index in [9.17, 15) is 9.59 Å². The molecule has 0 bridgehead atoms. The summed E-state index contributed by atoms with van der Waals surface area (Å²) < 4.78 is 9.48. The molecule has 184 valence electrons. The number of hydrogen-bond donors (Lipinski definition) is 2.